The van der Waals surface area contributed by atoms with E-state index in [2.05, 4.69) is 78.6 Å². The molecule has 0 aliphatic carbocycles. The third kappa shape index (κ3) is 3.21. The average Bonchev–Trinajstić information content (AvgIpc) is 2.73. The van der Waals surface area contributed by atoms with Gasteiger partial charge in [-0.25, -0.2) is 0 Å². The van der Waals surface area contributed by atoms with Crippen LogP contribution in [0.4, 0.5) is 0 Å². The van der Waals surface area contributed by atoms with Crippen LogP contribution in [0.15, 0.2) is 72.8 Å². The monoisotopic (exact) mass is 371 g/mol. The Morgan fingerprint density at radius 3 is 2.57 bits per heavy atom. The fourth-order valence-electron chi connectivity index (χ4n) is 4.55. The largest absolute Gasteiger partial charge is 0.457 e. The number of hydrogen-bond donors (Lipinski definition) is 0. The summed E-state index contributed by atoms with van der Waals surface area (Å²) in [6.45, 7) is 5.79. The Morgan fingerprint density at radius 2 is 1.68 bits per heavy atom. The molecule has 0 aromatic heterocycles. The summed E-state index contributed by atoms with van der Waals surface area (Å²) in [4.78, 5) is 2.51. The molecule has 2 aliphatic rings. The highest BCUT2D eigenvalue weighted by atomic mass is 16.5. The van der Waals surface area contributed by atoms with E-state index in [1.807, 2.05) is 6.07 Å². The van der Waals surface area contributed by atoms with Crippen LogP contribution in [0.5, 0.6) is 11.5 Å². The summed E-state index contributed by atoms with van der Waals surface area (Å²) < 4.78 is 12.6. The van der Waals surface area contributed by atoms with E-state index in [4.69, 9.17) is 9.47 Å². The summed E-state index contributed by atoms with van der Waals surface area (Å²) in [5.74, 6) is 2.11. The molecular formula is C25H25NO2. The zero-order chi connectivity index (χ0) is 18.9. The van der Waals surface area contributed by atoms with Gasteiger partial charge in [-0.1, -0.05) is 60.7 Å². The first-order chi connectivity index (χ1) is 13.8. The molecule has 0 N–H and O–H groups in total. The zero-order valence-corrected chi connectivity index (χ0v) is 16.2. The van der Waals surface area contributed by atoms with Crippen LogP contribution in [0.3, 0.4) is 0 Å². The van der Waals surface area contributed by atoms with Crippen molar-refractivity contribution in [3.05, 3.63) is 95.1 Å². The van der Waals surface area contributed by atoms with Crippen LogP contribution in [0, 0.1) is 6.92 Å². The first-order valence-corrected chi connectivity index (χ1v) is 10.0. The average molecular weight is 371 g/mol. The fraction of sp³-hybridized carbons (Fsp3) is 0.280. The van der Waals surface area contributed by atoms with E-state index in [9.17, 15) is 0 Å². The molecular weight excluding hydrogens is 346 g/mol. The molecule has 28 heavy (non-hydrogen) atoms. The Hall–Kier alpha value is -2.62. The molecule has 0 amide bonds. The Morgan fingerprint density at radius 1 is 0.893 bits per heavy atom. The summed E-state index contributed by atoms with van der Waals surface area (Å²) in [6, 6.07) is 25.4. The van der Waals surface area contributed by atoms with Crippen LogP contribution in [-0.4, -0.2) is 30.7 Å². The molecule has 0 spiro atoms. The molecule has 3 nitrogen and oxygen atoms in total. The van der Waals surface area contributed by atoms with Crippen LogP contribution in [0.1, 0.15) is 28.2 Å². The van der Waals surface area contributed by atoms with Crippen LogP contribution in [0.25, 0.3) is 0 Å². The van der Waals surface area contributed by atoms with Gasteiger partial charge in [-0.3, -0.25) is 4.90 Å². The third-order valence-corrected chi connectivity index (χ3v) is 5.87. The Balaban J connectivity index is 1.48. The number of ether oxygens (including phenoxy) is 2. The lowest BCUT2D eigenvalue weighted by Gasteiger charge is -2.40. The number of nitrogens with zero attached hydrogens (tertiary/aromatic N) is 1. The van der Waals surface area contributed by atoms with Gasteiger partial charge in [0.15, 0.2) is 0 Å². The lowest BCUT2D eigenvalue weighted by atomic mass is 9.81. The van der Waals surface area contributed by atoms with E-state index in [0.717, 1.165) is 37.7 Å². The van der Waals surface area contributed by atoms with Gasteiger partial charge in [0.05, 0.1) is 12.7 Å². The maximum absolute atomic E-state index is 6.36. The smallest absolute Gasteiger partial charge is 0.131 e. The number of benzene rings is 3. The predicted molar refractivity (Wildman–Crippen MR) is 111 cm³/mol. The van der Waals surface area contributed by atoms with Crippen molar-refractivity contribution in [1.29, 1.82) is 0 Å². The van der Waals surface area contributed by atoms with Crippen molar-refractivity contribution in [2.75, 3.05) is 19.7 Å². The molecule has 2 heterocycles. The normalized spacial score (nSPS) is 21.5. The minimum absolute atomic E-state index is 0.113. The molecule has 2 unspecified atom stereocenters. The van der Waals surface area contributed by atoms with Crippen molar-refractivity contribution in [3.63, 3.8) is 0 Å². The SMILES string of the molecule is Cc1cccc2c1C(C1CN(Cc3ccccc3)CCO1)c1ccccc1O2. The van der Waals surface area contributed by atoms with Crippen LogP contribution >= 0.6 is 0 Å². The van der Waals surface area contributed by atoms with Gasteiger partial charge in [0, 0.05) is 36.7 Å². The van der Waals surface area contributed by atoms with E-state index >= 15 is 0 Å². The van der Waals surface area contributed by atoms with Crippen molar-refractivity contribution in [2.24, 2.45) is 0 Å². The summed E-state index contributed by atoms with van der Waals surface area (Å²) in [5.41, 5.74) is 5.12. The highest BCUT2D eigenvalue weighted by Crippen LogP contribution is 2.47. The number of hydrogen-bond acceptors (Lipinski definition) is 3. The minimum Gasteiger partial charge on any atom is -0.457 e. The van der Waals surface area contributed by atoms with Crippen molar-refractivity contribution < 1.29 is 9.47 Å². The first kappa shape index (κ1) is 17.5. The topological polar surface area (TPSA) is 21.7 Å². The Kier molecular flexibility index (Phi) is 4.63. The van der Waals surface area contributed by atoms with Gasteiger partial charge in [-0.2, -0.15) is 0 Å². The number of para-hydroxylation sites is 1. The molecule has 3 heteroatoms. The van der Waals surface area contributed by atoms with E-state index in [1.54, 1.807) is 0 Å². The second-order valence-electron chi connectivity index (χ2n) is 7.73. The Labute approximate surface area is 166 Å². The number of rotatable bonds is 3. The first-order valence-electron chi connectivity index (χ1n) is 10.0. The predicted octanol–water partition coefficient (Wildman–Crippen LogP) is 5.13. The molecule has 142 valence electrons. The lowest BCUT2D eigenvalue weighted by Crippen LogP contribution is -2.45. The molecule has 3 aromatic rings. The highest BCUT2D eigenvalue weighted by molar-refractivity contribution is 5.56. The summed E-state index contributed by atoms with van der Waals surface area (Å²) in [5, 5.41) is 0. The van der Waals surface area contributed by atoms with E-state index in [0.29, 0.717) is 0 Å². The van der Waals surface area contributed by atoms with Crippen LogP contribution < -0.4 is 4.74 Å². The van der Waals surface area contributed by atoms with Crippen molar-refractivity contribution in [1.82, 2.24) is 4.90 Å². The second-order valence-corrected chi connectivity index (χ2v) is 7.73. The molecule has 1 saturated heterocycles. The van der Waals surface area contributed by atoms with Gasteiger partial charge in [0.2, 0.25) is 0 Å². The summed E-state index contributed by atoms with van der Waals surface area (Å²) >= 11 is 0. The third-order valence-electron chi connectivity index (χ3n) is 5.87. The lowest BCUT2D eigenvalue weighted by molar-refractivity contribution is -0.0397. The number of morpholine rings is 1. The fourth-order valence-corrected chi connectivity index (χ4v) is 4.55. The van der Waals surface area contributed by atoms with Crippen molar-refractivity contribution in [2.45, 2.75) is 25.5 Å². The zero-order valence-electron chi connectivity index (χ0n) is 16.2. The Bertz CT molecular complexity index is 969. The van der Waals surface area contributed by atoms with Crippen molar-refractivity contribution in [3.8, 4) is 11.5 Å². The van der Waals surface area contributed by atoms with Gasteiger partial charge >= 0.3 is 0 Å². The minimum atomic E-state index is 0.113. The standard InChI is InChI=1S/C25H25NO2/c1-18-8-7-13-22-24(18)25(20-11-5-6-12-21(20)28-22)23-17-26(14-15-27-23)16-19-9-3-2-4-10-19/h2-13,23,25H,14-17H2,1H3. The highest BCUT2D eigenvalue weighted by Gasteiger charge is 2.37. The van der Waals surface area contributed by atoms with Crippen molar-refractivity contribution >= 4 is 0 Å². The molecule has 2 aliphatic heterocycles. The van der Waals surface area contributed by atoms with Gasteiger partial charge < -0.3 is 9.47 Å². The van der Waals surface area contributed by atoms with Crippen LogP contribution in [-0.2, 0) is 11.3 Å². The van der Waals surface area contributed by atoms with E-state index in [1.165, 1.54) is 22.3 Å². The number of aryl methyl sites for hydroxylation is 1. The molecule has 0 bridgehead atoms. The molecule has 2 atom stereocenters. The molecule has 0 saturated carbocycles. The molecule has 5 rings (SSSR count). The summed E-state index contributed by atoms with van der Waals surface area (Å²) in [6.07, 6.45) is 0.113. The maximum atomic E-state index is 6.36. The van der Waals surface area contributed by atoms with Crippen LogP contribution in [0.2, 0.25) is 0 Å². The number of fused-ring (bicyclic) bond motifs is 2. The maximum Gasteiger partial charge on any atom is 0.131 e. The van der Waals surface area contributed by atoms with Gasteiger partial charge in [0.25, 0.3) is 0 Å². The summed E-state index contributed by atoms with van der Waals surface area (Å²) in [7, 11) is 0. The second kappa shape index (κ2) is 7.42. The van der Waals surface area contributed by atoms with Gasteiger partial charge in [0.1, 0.15) is 11.5 Å². The van der Waals surface area contributed by atoms with Gasteiger partial charge in [-0.15, -0.1) is 0 Å². The molecule has 3 aromatic carbocycles. The molecule has 0 radical (unpaired) electrons. The van der Waals surface area contributed by atoms with E-state index < -0.39 is 0 Å². The molecule has 1 fully saturated rings. The quantitative estimate of drug-likeness (QED) is 0.637. The van der Waals surface area contributed by atoms with E-state index in [-0.39, 0.29) is 12.0 Å². The van der Waals surface area contributed by atoms with Gasteiger partial charge in [-0.05, 0) is 30.2 Å².